The summed E-state index contributed by atoms with van der Waals surface area (Å²) in [6.45, 7) is 0. The maximum Gasteiger partial charge on any atom is 0.336 e. The molecule has 4 heteroatoms. The number of aromatic carboxylic acids is 1. The molecule has 0 amide bonds. The number of allylic oxidation sites excluding steroid dienone is 1. The van der Waals surface area contributed by atoms with Gasteiger partial charge in [0, 0.05) is 18.0 Å². The average Bonchev–Trinajstić information content (AvgIpc) is 2.46. The van der Waals surface area contributed by atoms with Crippen LogP contribution in [0, 0.1) is 0 Å². The first-order valence-corrected chi connectivity index (χ1v) is 5.63. The Morgan fingerprint density at radius 3 is 2.42 bits per heavy atom. The maximum absolute atomic E-state index is 11.8. The summed E-state index contributed by atoms with van der Waals surface area (Å²) >= 11 is 0. The minimum absolute atomic E-state index is 0.168. The van der Waals surface area contributed by atoms with Crippen molar-refractivity contribution in [1.29, 1.82) is 0 Å². The molecule has 1 aromatic heterocycles. The van der Waals surface area contributed by atoms with E-state index < -0.39 is 5.97 Å². The third-order valence-corrected chi connectivity index (χ3v) is 2.57. The van der Waals surface area contributed by atoms with Gasteiger partial charge in [0.2, 0.25) is 0 Å². The molecule has 0 aliphatic carbocycles. The van der Waals surface area contributed by atoms with Crippen LogP contribution in [0.5, 0.6) is 0 Å². The molecule has 1 aromatic carbocycles. The number of benzene rings is 1. The van der Waals surface area contributed by atoms with E-state index in [0.717, 1.165) is 0 Å². The molecule has 19 heavy (non-hydrogen) atoms. The molecule has 1 heterocycles. The van der Waals surface area contributed by atoms with Crippen LogP contribution < -0.4 is 0 Å². The van der Waals surface area contributed by atoms with Crippen LogP contribution in [0.2, 0.25) is 0 Å². The molecule has 0 radical (unpaired) electrons. The quantitative estimate of drug-likeness (QED) is 0.672. The van der Waals surface area contributed by atoms with Gasteiger partial charge in [-0.25, -0.2) is 4.79 Å². The fourth-order valence-corrected chi connectivity index (χ4v) is 1.61. The Balaban J connectivity index is 2.24. The van der Waals surface area contributed by atoms with Crippen LogP contribution in [0.3, 0.4) is 0 Å². The van der Waals surface area contributed by atoms with Gasteiger partial charge in [0.1, 0.15) is 0 Å². The highest BCUT2D eigenvalue weighted by molar-refractivity contribution is 6.07. The molecule has 94 valence electrons. The van der Waals surface area contributed by atoms with Crippen molar-refractivity contribution in [2.75, 3.05) is 0 Å². The molecule has 4 nitrogen and oxygen atoms in total. The van der Waals surface area contributed by atoms with E-state index in [1.807, 2.05) is 0 Å². The van der Waals surface area contributed by atoms with E-state index in [1.165, 1.54) is 30.6 Å². The topological polar surface area (TPSA) is 67.3 Å². The molecular formula is C15H11NO3. The number of ketones is 1. The van der Waals surface area contributed by atoms with E-state index >= 15 is 0 Å². The summed E-state index contributed by atoms with van der Waals surface area (Å²) in [4.78, 5) is 26.7. The number of hydrogen-bond donors (Lipinski definition) is 1. The maximum atomic E-state index is 11.8. The second-order valence-electron chi connectivity index (χ2n) is 3.83. The first-order valence-electron chi connectivity index (χ1n) is 5.63. The van der Waals surface area contributed by atoms with Crippen LogP contribution >= 0.6 is 0 Å². The zero-order chi connectivity index (χ0) is 13.7. The predicted octanol–water partition coefficient (Wildman–Crippen LogP) is 2.68. The lowest BCUT2D eigenvalue weighted by Crippen LogP contribution is -1.99. The van der Waals surface area contributed by atoms with Gasteiger partial charge in [-0.1, -0.05) is 24.3 Å². The number of carboxylic acids is 1. The third-order valence-electron chi connectivity index (χ3n) is 2.57. The SMILES string of the molecule is O=C(/C=C/c1ccccc1C(=O)O)c1ccncc1. The third kappa shape index (κ3) is 3.13. The van der Waals surface area contributed by atoms with Crippen LogP contribution in [-0.2, 0) is 0 Å². The Kier molecular flexibility index (Phi) is 3.83. The molecular weight excluding hydrogens is 242 g/mol. The lowest BCUT2D eigenvalue weighted by molar-refractivity contribution is 0.0696. The minimum atomic E-state index is -1.02. The van der Waals surface area contributed by atoms with Gasteiger partial charge < -0.3 is 5.11 Å². The largest absolute Gasteiger partial charge is 0.478 e. The summed E-state index contributed by atoms with van der Waals surface area (Å²) < 4.78 is 0. The predicted molar refractivity (Wildman–Crippen MR) is 71.0 cm³/mol. The van der Waals surface area contributed by atoms with E-state index in [-0.39, 0.29) is 11.3 Å². The number of carboxylic acid groups (broad SMARTS) is 1. The molecule has 0 bridgehead atoms. The average molecular weight is 253 g/mol. The fourth-order valence-electron chi connectivity index (χ4n) is 1.61. The van der Waals surface area contributed by atoms with Gasteiger partial charge in [-0.15, -0.1) is 0 Å². The van der Waals surface area contributed by atoms with Crippen molar-refractivity contribution in [2.24, 2.45) is 0 Å². The molecule has 0 fully saturated rings. The van der Waals surface area contributed by atoms with Crippen molar-refractivity contribution in [3.63, 3.8) is 0 Å². The molecule has 0 saturated carbocycles. The van der Waals surface area contributed by atoms with Crippen LogP contribution in [0.15, 0.2) is 54.9 Å². The van der Waals surface area contributed by atoms with E-state index in [9.17, 15) is 9.59 Å². The van der Waals surface area contributed by atoms with Crippen molar-refractivity contribution in [2.45, 2.75) is 0 Å². The van der Waals surface area contributed by atoms with E-state index in [0.29, 0.717) is 11.1 Å². The first kappa shape index (κ1) is 12.7. The molecule has 0 atom stereocenters. The lowest BCUT2D eigenvalue weighted by Gasteiger charge is -1.99. The van der Waals surface area contributed by atoms with Gasteiger partial charge in [0.25, 0.3) is 0 Å². The fraction of sp³-hybridized carbons (Fsp3) is 0. The van der Waals surface area contributed by atoms with Crippen molar-refractivity contribution < 1.29 is 14.7 Å². The highest BCUT2D eigenvalue weighted by Crippen LogP contribution is 2.11. The molecule has 0 aliphatic heterocycles. The smallest absolute Gasteiger partial charge is 0.336 e. The zero-order valence-corrected chi connectivity index (χ0v) is 9.98. The molecule has 0 saturated heterocycles. The zero-order valence-electron chi connectivity index (χ0n) is 9.98. The van der Waals surface area contributed by atoms with Gasteiger partial charge in [-0.3, -0.25) is 9.78 Å². The Morgan fingerprint density at radius 2 is 1.74 bits per heavy atom. The number of aromatic nitrogens is 1. The summed E-state index contributed by atoms with van der Waals surface area (Å²) in [6, 6.07) is 9.73. The van der Waals surface area contributed by atoms with Crippen molar-refractivity contribution in [1.82, 2.24) is 4.98 Å². The molecule has 0 aliphatic rings. The Labute approximate surface area is 110 Å². The Bertz CT molecular complexity index is 633. The van der Waals surface area contributed by atoms with Crippen LogP contribution in [-0.4, -0.2) is 21.8 Å². The summed E-state index contributed by atoms with van der Waals surface area (Å²) in [6.07, 6.45) is 5.93. The summed E-state index contributed by atoms with van der Waals surface area (Å²) in [5.41, 5.74) is 1.18. The second-order valence-corrected chi connectivity index (χ2v) is 3.83. The molecule has 2 rings (SSSR count). The van der Waals surface area contributed by atoms with E-state index in [4.69, 9.17) is 5.11 Å². The van der Waals surface area contributed by atoms with Crippen LogP contribution in [0.25, 0.3) is 6.08 Å². The van der Waals surface area contributed by atoms with Crippen LogP contribution in [0.1, 0.15) is 26.3 Å². The van der Waals surface area contributed by atoms with Crippen molar-refractivity contribution >= 4 is 17.8 Å². The number of carbonyl (C=O) groups excluding carboxylic acids is 1. The first-order chi connectivity index (χ1) is 9.18. The standard InChI is InChI=1S/C15H11NO3/c17-14(12-7-9-16-10-8-12)6-5-11-3-1-2-4-13(11)15(18)19/h1-10H,(H,18,19)/b6-5+. The second kappa shape index (κ2) is 5.73. The van der Waals surface area contributed by atoms with E-state index in [1.54, 1.807) is 30.3 Å². The minimum Gasteiger partial charge on any atom is -0.478 e. The Morgan fingerprint density at radius 1 is 1.05 bits per heavy atom. The number of pyridine rings is 1. The van der Waals surface area contributed by atoms with Crippen molar-refractivity contribution in [3.05, 3.63) is 71.6 Å². The van der Waals surface area contributed by atoms with E-state index in [2.05, 4.69) is 4.98 Å². The monoisotopic (exact) mass is 253 g/mol. The van der Waals surface area contributed by atoms with Gasteiger partial charge in [-0.2, -0.15) is 0 Å². The molecule has 0 unspecified atom stereocenters. The Hall–Kier alpha value is -2.75. The number of nitrogens with zero attached hydrogens (tertiary/aromatic N) is 1. The summed E-state index contributed by atoms with van der Waals surface area (Å²) in [5.74, 6) is -1.21. The van der Waals surface area contributed by atoms with Crippen LogP contribution in [0.4, 0.5) is 0 Å². The number of rotatable bonds is 4. The molecule has 0 spiro atoms. The molecule has 2 aromatic rings. The highest BCUT2D eigenvalue weighted by Gasteiger charge is 2.07. The normalized spacial score (nSPS) is 10.5. The highest BCUT2D eigenvalue weighted by atomic mass is 16.4. The number of carbonyl (C=O) groups is 2. The molecule has 1 N–H and O–H groups in total. The van der Waals surface area contributed by atoms with Gasteiger partial charge in [-0.05, 0) is 29.8 Å². The summed E-state index contributed by atoms with van der Waals surface area (Å²) in [7, 11) is 0. The van der Waals surface area contributed by atoms with Gasteiger partial charge in [0.05, 0.1) is 5.56 Å². The summed E-state index contributed by atoms with van der Waals surface area (Å²) in [5, 5.41) is 9.02. The van der Waals surface area contributed by atoms with Crippen molar-refractivity contribution in [3.8, 4) is 0 Å². The lowest BCUT2D eigenvalue weighted by atomic mass is 10.1. The van der Waals surface area contributed by atoms with Gasteiger partial charge >= 0.3 is 5.97 Å². The number of hydrogen-bond acceptors (Lipinski definition) is 3. The van der Waals surface area contributed by atoms with Gasteiger partial charge in [0.15, 0.2) is 5.78 Å².